The van der Waals surface area contributed by atoms with E-state index in [0.29, 0.717) is 31.7 Å². The third-order valence-electron chi connectivity index (χ3n) is 4.90. The highest BCUT2D eigenvalue weighted by atomic mass is 16.5. The lowest BCUT2D eigenvalue weighted by atomic mass is 9.86. The number of nitrogens with zero attached hydrogens (tertiary/aromatic N) is 2. The van der Waals surface area contributed by atoms with Crippen LogP contribution in [0.15, 0.2) is 24.3 Å². The smallest absolute Gasteiger partial charge is 0.306 e. The highest BCUT2D eigenvalue weighted by molar-refractivity contribution is 5.94. The molecule has 2 amide bonds. The van der Waals surface area contributed by atoms with Crippen LogP contribution in [-0.2, 0) is 19.7 Å². The zero-order chi connectivity index (χ0) is 20.0. The van der Waals surface area contributed by atoms with Crippen LogP contribution in [-0.4, -0.2) is 60.9 Å². The maximum absolute atomic E-state index is 12.8. The highest BCUT2D eigenvalue weighted by Crippen LogP contribution is 2.22. The van der Waals surface area contributed by atoms with Crippen LogP contribution in [0.4, 0.5) is 0 Å². The molecule has 0 aliphatic carbocycles. The van der Waals surface area contributed by atoms with E-state index in [1.165, 1.54) is 12.7 Å². The molecule has 27 heavy (non-hydrogen) atoms. The summed E-state index contributed by atoms with van der Waals surface area (Å²) in [7, 11) is 1.32. The number of carbonyl (C=O) groups excluding carboxylic acids is 3. The van der Waals surface area contributed by atoms with E-state index in [4.69, 9.17) is 0 Å². The van der Waals surface area contributed by atoms with E-state index in [9.17, 15) is 14.4 Å². The molecule has 1 aliphatic heterocycles. The van der Waals surface area contributed by atoms with Crippen LogP contribution < -0.4 is 0 Å². The lowest BCUT2D eigenvalue weighted by molar-refractivity contribution is -0.143. The second-order valence-corrected chi connectivity index (χ2v) is 7.93. The Bertz CT molecular complexity index is 676. The van der Waals surface area contributed by atoms with Crippen molar-refractivity contribution in [1.29, 1.82) is 0 Å². The van der Waals surface area contributed by atoms with Crippen LogP contribution >= 0.6 is 0 Å². The van der Waals surface area contributed by atoms with Crippen molar-refractivity contribution in [3.05, 3.63) is 35.4 Å². The molecule has 1 heterocycles. The topological polar surface area (TPSA) is 66.9 Å². The third-order valence-corrected chi connectivity index (χ3v) is 4.90. The number of ether oxygens (including phenoxy) is 1. The van der Waals surface area contributed by atoms with Crippen molar-refractivity contribution < 1.29 is 19.1 Å². The summed E-state index contributed by atoms with van der Waals surface area (Å²) in [5, 5.41) is 0. The second-order valence-electron chi connectivity index (χ2n) is 7.93. The molecule has 1 fully saturated rings. The van der Waals surface area contributed by atoms with Gasteiger partial charge in [-0.05, 0) is 29.5 Å². The number of esters is 1. The van der Waals surface area contributed by atoms with Gasteiger partial charge < -0.3 is 14.5 Å². The average Bonchev–Trinajstić information content (AvgIpc) is 2.91. The van der Waals surface area contributed by atoms with Crippen molar-refractivity contribution in [2.75, 3.05) is 33.3 Å². The monoisotopic (exact) mass is 374 g/mol. The van der Waals surface area contributed by atoms with Crippen molar-refractivity contribution >= 4 is 17.8 Å². The van der Waals surface area contributed by atoms with Gasteiger partial charge in [-0.15, -0.1) is 0 Å². The van der Waals surface area contributed by atoms with Gasteiger partial charge in [0.1, 0.15) is 0 Å². The SMILES string of the molecule is COC(=O)CCC(=O)N1CCCN(C(=O)c2ccc(C(C)(C)C)cc2)CC1. The standard InChI is InChI=1S/C21H30N2O4/c1-21(2,3)17-8-6-16(7-9-17)20(26)23-13-5-12-22(14-15-23)18(24)10-11-19(25)27-4/h6-9H,5,10-15H2,1-4H3. The Kier molecular flexibility index (Phi) is 6.99. The molecule has 0 atom stereocenters. The second kappa shape index (κ2) is 9.02. The van der Waals surface area contributed by atoms with E-state index in [1.807, 2.05) is 24.3 Å². The summed E-state index contributed by atoms with van der Waals surface area (Å²) in [6, 6.07) is 7.78. The average molecular weight is 374 g/mol. The zero-order valence-corrected chi connectivity index (χ0v) is 16.8. The Morgan fingerprint density at radius 3 is 2.11 bits per heavy atom. The summed E-state index contributed by atoms with van der Waals surface area (Å²) in [5.74, 6) is -0.447. The van der Waals surface area contributed by atoms with Crippen LogP contribution in [0.3, 0.4) is 0 Å². The summed E-state index contributed by atoms with van der Waals surface area (Å²) >= 11 is 0. The van der Waals surface area contributed by atoms with Gasteiger partial charge in [-0.25, -0.2) is 0 Å². The third kappa shape index (κ3) is 5.81. The fraction of sp³-hybridized carbons (Fsp3) is 0.571. The van der Waals surface area contributed by atoms with Crippen molar-refractivity contribution in [2.45, 2.75) is 45.4 Å². The Morgan fingerprint density at radius 2 is 1.52 bits per heavy atom. The minimum Gasteiger partial charge on any atom is -0.469 e. The van der Waals surface area contributed by atoms with Crippen LogP contribution in [0.1, 0.15) is 56.0 Å². The summed E-state index contributed by atoms with van der Waals surface area (Å²) < 4.78 is 4.58. The fourth-order valence-electron chi connectivity index (χ4n) is 3.13. The van der Waals surface area contributed by atoms with E-state index in [-0.39, 0.29) is 36.0 Å². The molecule has 6 heteroatoms. The van der Waals surface area contributed by atoms with Crippen molar-refractivity contribution in [1.82, 2.24) is 9.80 Å². The van der Waals surface area contributed by atoms with Gasteiger partial charge >= 0.3 is 5.97 Å². The molecule has 0 spiro atoms. The normalized spacial score (nSPS) is 15.3. The molecule has 0 saturated carbocycles. The lowest BCUT2D eigenvalue weighted by Crippen LogP contribution is -2.37. The van der Waals surface area contributed by atoms with E-state index < -0.39 is 0 Å². The number of hydrogen-bond donors (Lipinski definition) is 0. The van der Waals surface area contributed by atoms with Crippen molar-refractivity contribution in [3.8, 4) is 0 Å². The molecule has 148 valence electrons. The largest absolute Gasteiger partial charge is 0.469 e. The molecular formula is C21H30N2O4. The predicted molar refractivity (Wildman–Crippen MR) is 103 cm³/mol. The number of benzene rings is 1. The number of rotatable bonds is 4. The molecule has 2 rings (SSSR count). The van der Waals surface area contributed by atoms with Gasteiger partial charge in [0, 0.05) is 38.2 Å². The maximum Gasteiger partial charge on any atom is 0.306 e. The minimum absolute atomic E-state index is 0.000631. The quantitative estimate of drug-likeness (QED) is 0.760. The highest BCUT2D eigenvalue weighted by Gasteiger charge is 2.23. The van der Waals surface area contributed by atoms with Gasteiger partial charge in [-0.3, -0.25) is 14.4 Å². The number of carbonyl (C=O) groups is 3. The van der Waals surface area contributed by atoms with Crippen LogP contribution in [0.2, 0.25) is 0 Å². The zero-order valence-electron chi connectivity index (χ0n) is 16.8. The first kappa shape index (κ1) is 20.9. The summed E-state index contributed by atoms with van der Waals surface area (Å²) in [5.41, 5.74) is 1.92. The maximum atomic E-state index is 12.8. The summed E-state index contributed by atoms with van der Waals surface area (Å²) in [6.45, 7) is 8.66. The molecule has 1 aromatic rings. The lowest BCUT2D eigenvalue weighted by Gasteiger charge is -2.23. The molecule has 0 unspecified atom stereocenters. The van der Waals surface area contributed by atoms with Gasteiger partial charge in [-0.2, -0.15) is 0 Å². The fourth-order valence-corrected chi connectivity index (χ4v) is 3.13. The summed E-state index contributed by atoms with van der Waals surface area (Å²) in [6.07, 6.45) is 0.971. The molecule has 0 N–H and O–H groups in total. The molecule has 1 aromatic carbocycles. The molecular weight excluding hydrogens is 344 g/mol. The molecule has 0 aromatic heterocycles. The van der Waals surface area contributed by atoms with Gasteiger partial charge in [0.15, 0.2) is 0 Å². The number of hydrogen-bond acceptors (Lipinski definition) is 4. The van der Waals surface area contributed by atoms with E-state index >= 15 is 0 Å². The van der Waals surface area contributed by atoms with E-state index in [1.54, 1.807) is 9.80 Å². The Morgan fingerprint density at radius 1 is 0.926 bits per heavy atom. The molecule has 0 radical (unpaired) electrons. The Hall–Kier alpha value is -2.37. The molecule has 6 nitrogen and oxygen atoms in total. The Labute approximate surface area is 161 Å². The van der Waals surface area contributed by atoms with Crippen LogP contribution in [0.5, 0.6) is 0 Å². The van der Waals surface area contributed by atoms with Gasteiger partial charge in [-0.1, -0.05) is 32.9 Å². The first-order valence-electron chi connectivity index (χ1n) is 9.47. The predicted octanol–water partition coefficient (Wildman–Crippen LogP) is 2.61. The van der Waals surface area contributed by atoms with E-state index in [0.717, 1.165) is 6.42 Å². The van der Waals surface area contributed by atoms with Crippen LogP contribution in [0.25, 0.3) is 0 Å². The first-order valence-corrected chi connectivity index (χ1v) is 9.47. The summed E-state index contributed by atoms with van der Waals surface area (Å²) in [4.78, 5) is 39.8. The van der Waals surface area contributed by atoms with E-state index in [2.05, 4.69) is 25.5 Å². The number of methoxy groups -OCH3 is 1. The van der Waals surface area contributed by atoms with Crippen molar-refractivity contribution in [2.24, 2.45) is 0 Å². The molecule has 1 saturated heterocycles. The van der Waals surface area contributed by atoms with Gasteiger partial charge in [0.2, 0.25) is 5.91 Å². The first-order chi connectivity index (χ1) is 12.7. The van der Waals surface area contributed by atoms with Crippen LogP contribution in [0, 0.1) is 0 Å². The number of amides is 2. The Balaban J connectivity index is 1.94. The van der Waals surface area contributed by atoms with Crippen molar-refractivity contribution in [3.63, 3.8) is 0 Å². The minimum atomic E-state index is -0.381. The molecule has 0 bridgehead atoms. The van der Waals surface area contributed by atoms with Gasteiger partial charge in [0.05, 0.1) is 13.5 Å². The van der Waals surface area contributed by atoms with Gasteiger partial charge in [0.25, 0.3) is 5.91 Å². The molecule has 1 aliphatic rings.